The van der Waals surface area contributed by atoms with Crippen LogP contribution in [0.15, 0.2) is 0 Å². The maximum Gasteiger partial charge on any atom is 0.306 e. The molecule has 0 radical (unpaired) electrons. The van der Waals surface area contributed by atoms with Crippen molar-refractivity contribution in [2.24, 2.45) is 0 Å². The number of nitrogens with zero attached hydrogens (tertiary/aromatic N) is 1. The summed E-state index contributed by atoms with van der Waals surface area (Å²) in [4.78, 5) is 47.5. The molecule has 0 saturated carbocycles. The molecule has 0 spiro atoms. The molecular formula is C16H26N2O5. The molecule has 7 heteroatoms. The van der Waals surface area contributed by atoms with Crippen molar-refractivity contribution in [3.8, 4) is 0 Å². The Balaban J connectivity index is 2.23. The van der Waals surface area contributed by atoms with Gasteiger partial charge in [-0.15, -0.1) is 0 Å². The lowest BCUT2D eigenvalue weighted by Crippen LogP contribution is -2.46. The van der Waals surface area contributed by atoms with Crippen LogP contribution < -0.4 is 5.32 Å². The fraction of sp³-hybridized carbons (Fsp3) is 0.750. The van der Waals surface area contributed by atoms with Crippen molar-refractivity contribution < 1.29 is 23.9 Å². The summed E-state index contributed by atoms with van der Waals surface area (Å²) < 4.78 is 4.78. The van der Waals surface area contributed by atoms with Gasteiger partial charge in [-0.3, -0.25) is 14.4 Å². The first-order chi connectivity index (χ1) is 10.9. The van der Waals surface area contributed by atoms with Crippen molar-refractivity contribution in [3.63, 3.8) is 0 Å². The number of Topliss-reactive ketones (excluding diaryl/α,β-unsaturated/α-hetero) is 1. The monoisotopic (exact) mass is 326 g/mol. The molecule has 1 saturated heterocycles. The van der Waals surface area contributed by atoms with Gasteiger partial charge in [0.05, 0.1) is 13.0 Å². The summed E-state index contributed by atoms with van der Waals surface area (Å²) in [5.41, 5.74) is 0. The fourth-order valence-corrected chi connectivity index (χ4v) is 2.46. The average molecular weight is 326 g/mol. The fourth-order valence-electron chi connectivity index (χ4n) is 2.46. The first-order valence-corrected chi connectivity index (χ1v) is 8.14. The molecule has 0 aliphatic carbocycles. The second-order valence-corrected chi connectivity index (χ2v) is 5.73. The number of ketones is 1. The standard InChI is InChI=1S/C16H26N2O5/c1-3-23-16(22)7-5-14(20)17-13-8-10-18(11-9-13)15(21)6-4-12(2)19/h13H,3-11H2,1-2H3,(H,17,20). The zero-order valence-electron chi connectivity index (χ0n) is 13.9. The number of nitrogens with one attached hydrogen (secondary N) is 1. The maximum atomic E-state index is 11.9. The lowest BCUT2D eigenvalue weighted by molar-refractivity contribution is -0.144. The summed E-state index contributed by atoms with van der Waals surface area (Å²) >= 11 is 0. The van der Waals surface area contributed by atoms with E-state index in [0.717, 1.165) is 0 Å². The van der Waals surface area contributed by atoms with E-state index in [1.165, 1.54) is 6.92 Å². The lowest BCUT2D eigenvalue weighted by Gasteiger charge is -2.32. The van der Waals surface area contributed by atoms with Crippen LogP contribution in [-0.4, -0.2) is 54.2 Å². The van der Waals surface area contributed by atoms with E-state index in [1.54, 1.807) is 11.8 Å². The van der Waals surface area contributed by atoms with Crippen molar-refractivity contribution in [3.05, 3.63) is 0 Å². The predicted octanol–water partition coefficient (Wildman–Crippen LogP) is 0.806. The van der Waals surface area contributed by atoms with Gasteiger partial charge in [-0.2, -0.15) is 0 Å². The van der Waals surface area contributed by atoms with Crippen LogP contribution in [0, 0.1) is 0 Å². The molecule has 7 nitrogen and oxygen atoms in total. The molecule has 2 amide bonds. The van der Waals surface area contributed by atoms with Gasteiger partial charge in [-0.1, -0.05) is 0 Å². The molecule has 0 aromatic heterocycles. The van der Waals surface area contributed by atoms with E-state index in [9.17, 15) is 19.2 Å². The van der Waals surface area contributed by atoms with E-state index >= 15 is 0 Å². The molecule has 0 unspecified atom stereocenters. The number of piperidine rings is 1. The molecule has 0 aromatic rings. The van der Waals surface area contributed by atoms with Crippen LogP contribution in [0.4, 0.5) is 0 Å². The number of hydrogen-bond acceptors (Lipinski definition) is 5. The van der Waals surface area contributed by atoms with Gasteiger partial charge in [-0.05, 0) is 26.7 Å². The van der Waals surface area contributed by atoms with Gasteiger partial charge in [0.25, 0.3) is 0 Å². The molecule has 0 atom stereocenters. The van der Waals surface area contributed by atoms with E-state index in [1.807, 2.05) is 0 Å². The van der Waals surface area contributed by atoms with Crippen LogP contribution in [0.2, 0.25) is 0 Å². The highest BCUT2D eigenvalue weighted by molar-refractivity contribution is 5.84. The van der Waals surface area contributed by atoms with E-state index < -0.39 is 0 Å². The molecule has 1 N–H and O–H groups in total. The Morgan fingerprint density at radius 3 is 2.26 bits per heavy atom. The van der Waals surface area contributed by atoms with Crippen LogP contribution in [0.5, 0.6) is 0 Å². The van der Waals surface area contributed by atoms with Crippen molar-refractivity contribution in [1.29, 1.82) is 0 Å². The normalized spacial score (nSPS) is 15.1. The average Bonchev–Trinajstić information content (AvgIpc) is 2.51. The molecule has 1 aliphatic rings. The third-order valence-corrected chi connectivity index (χ3v) is 3.77. The predicted molar refractivity (Wildman–Crippen MR) is 83.5 cm³/mol. The number of amides is 2. The number of rotatable bonds is 8. The Labute approximate surface area is 136 Å². The molecular weight excluding hydrogens is 300 g/mol. The number of hydrogen-bond donors (Lipinski definition) is 1. The lowest BCUT2D eigenvalue weighted by atomic mass is 10.0. The number of carbonyl (C=O) groups excluding carboxylic acids is 4. The third kappa shape index (κ3) is 7.76. The van der Waals surface area contributed by atoms with Gasteiger partial charge in [-0.25, -0.2) is 0 Å². The zero-order chi connectivity index (χ0) is 17.2. The minimum atomic E-state index is -0.367. The van der Waals surface area contributed by atoms with Gasteiger partial charge in [0.1, 0.15) is 5.78 Å². The molecule has 0 aromatic carbocycles. The maximum absolute atomic E-state index is 11.9. The topological polar surface area (TPSA) is 92.8 Å². The smallest absolute Gasteiger partial charge is 0.306 e. The number of carbonyl (C=O) groups is 4. The summed E-state index contributed by atoms with van der Waals surface area (Å²) in [7, 11) is 0. The minimum Gasteiger partial charge on any atom is -0.466 e. The number of esters is 1. The second-order valence-electron chi connectivity index (χ2n) is 5.73. The Hall–Kier alpha value is -1.92. The summed E-state index contributed by atoms with van der Waals surface area (Å²) in [5.74, 6) is -0.526. The van der Waals surface area contributed by atoms with Gasteiger partial charge in [0.15, 0.2) is 0 Å². The Morgan fingerprint density at radius 1 is 1.04 bits per heavy atom. The minimum absolute atomic E-state index is 0.00714. The summed E-state index contributed by atoms with van der Waals surface area (Å²) in [6.45, 7) is 4.69. The Morgan fingerprint density at radius 2 is 1.70 bits per heavy atom. The van der Waals surface area contributed by atoms with Gasteiger partial charge < -0.3 is 19.7 Å². The molecule has 1 aliphatic heterocycles. The zero-order valence-corrected chi connectivity index (χ0v) is 13.9. The first kappa shape index (κ1) is 19.1. The molecule has 0 bridgehead atoms. The largest absolute Gasteiger partial charge is 0.466 e. The van der Waals surface area contributed by atoms with Crippen LogP contribution in [-0.2, 0) is 23.9 Å². The first-order valence-electron chi connectivity index (χ1n) is 8.14. The highest BCUT2D eigenvalue weighted by Gasteiger charge is 2.23. The Kier molecular flexibility index (Phi) is 8.29. The highest BCUT2D eigenvalue weighted by Crippen LogP contribution is 2.12. The number of ether oxygens (including phenoxy) is 1. The summed E-state index contributed by atoms with van der Waals surface area (Å²) in [6, 6.07) is 0.0292. The Bertz CT molecular complexity index is 442. The summed E-state index contributed by atoms with van der Waals surface area (Å²) in [5, 5.41) is 2.89. The molecule has 130 valence electrons. The van der Waals surface area contributed by atoms with Crippen LogP contribution in [0.25, 0.3) is 0 Å². The third-order valence-electron chi connectivity index (χ3n) is 3.77. The highest BCUT2D eigenvalue weighted by atomic mass is 16.5. The van der Waals surface area contributed by atoms with Crippen molar-refractivity contribution in [1.82, 2.24) is 10.2 Å². The van der Waals surface area contributed by atoms with Crippen LogP contribution >= 0.6 is 0 Å². The van der Waals surface area contributed by atoms with E-state index in [-0.39, 0.29) is 55.3 Å². The molecule has 23 heavy (non-hydrogen) atoms. The van der Waals surface area contributed by atoms with Gasteiger partial charge in [0, 0.05) is 38.4 Å². The molecule has 1 heterocycles. The van der Waals surface area contributed by atoms with E-state index in [4.69, 9.17) is 4.74 Å². The molecule has 1 fully saturated rings. The number of likely N-dealkylation sites (tertiary alicyclic amines) is 1. The molecule has 1 rings (SSSR count). The van der Waals surface area contributed by atoms with Crippen LogP contribution in [0.3, 0.4) is 0 Å². The van der Waals surface area contributed by atoms with Crippen molar-refractivity contribution in [2.45, 2.75) is 58.4 Å². The van der Waals surface area contributed by atoms with E-state index in [0.29, 0.717) is 32.5 Å². The van der Waals surface area contributed by atoms with E-state index in [2.05, 4.69) is 5.32 Å². The quantitative estimate of drug-likeness (QED) is 0.666. The van der Waals surface area contributed by atoms with Crippen molar-refractivity contribution in [2.75, 3.05) is 19.7 Å². The van der Waals surface area contributed by atoms with Gasteiger partial charge in [0.2, 0.25) is 11.8 Å². The van der Waals surface area contributed by atoms with Gasteiger partial charge >= 0.3 is 5.97 Å². The SMILES string of the molecule is CCOC(=O)CCC(=O)NC1CCN(C(=O)CCC(C)=O)CC1. The van der Waals surface area contributed by atoms with Crippen LogP contribution in [0.1, 0.15) is 52.4 Å². The summed E-state index contributed by atoms with van der Waals surface area (Å²) in [6.07, 6.45) is 2.13. The van der Waals surface area contributed by atoms with Crippen molar-refractivity contribution >= 4 is 23.6 Å². The second kappa shape index (κ2) is 9.97.